The van der Waals surface area contributed by atoms with E-state index in [9.17, 15) is 13.2 Å². The van der Waals surface area contributed by atoms with Gasteiger partial charge < -0.3 is 20.1 Å². The van der Waals surface area contributed by atoms with Gasteiger partial charge in [-0.25, -0.2) is 0 Å². The van der Waals surface area contributed by atoms with E-state index >= 15 is 0 Å². The minimum absolute atomic E-state index is 0.180. The van der Waals surface area contributed by atoms with Gasteiger partial charge in [0.1, 0.15) is 0 Å². The molecular formula is C12H22F3N3O2. The van der Waals surface area contributed by atoms with Crippen LogP contribution in [0, 0.1) is 0 Å². The zero-order valence-corrected chi connectivity index (χ0v) is 11.6. The van der Waals surface area contributed by atoms with Crippen molar-refractivity contribution in [3.05, 3.63) is 0 Å². The van der Waals surface area contributed by atoms with Crippen LogP contribution in [0.25, 0.3) is 0 Å². The molecule has 2 N–H and O–H groups in total. The van der Waals surface area contributed by atoms with Gasteiger partial charge in [-0.05, 0) is 12.8 Å². The van der Waals surface area contributed by atoms with E-state index < -0.39 is 12.6 Å². The van der Waals surface area contributed by atoms with Crippen LogP contribution >= 0.6 is 0 Å². The maximum Gasteiger partial charge on any atom is 0.390 e. The van der Waals surface area contributed by atoms with Gasteiger partial charge in [0.05, 0.1) is 25.7 Å². The molecule has 0 aromatic heterocycles. The van der Waals surface area contributed by atoms with Crippen molar-refractivity contribution in [3.63, 3.8) is 0 Å². The molecule has 0 aromatic carbocycles. The summed E-state index contributed by atoms with van der Waals surface area (Å²) in [6, 6.07) is 0. The lowest BCUT2D eigenvalue weighted by Crippen LogP contribution is -2.40. The third-order valence-corrected chi connectivity index (χ3v) is 2.79. The Morgan fingerprint density at radius 1 is 1.35 bits per heavy atom. The normalized spacial score (nSPS) is 20.2. The van der Waals surface area contributed by atoms with Crippen LogP contribution < -0.4 is 10.6 Å². The molecule has 20 heavy (non-hydrogen) atoms. The highest BCUT2D eigenvalue weighted by molar-refractivity contribution is 5.79. The first-order valence-electron chi connectivity index (χ1n) is 6.72. The summed E-state index contributed by atoms with van der Waals surface area (Å²) in [7, 11) is 1.51. The molecule has 1 aliphatic rings. The van der Waals surface area contributed by atoms with Crippen LogP contribution in [0.15, 0.2) is 4.99 Å². The molecule has 0 radical (unpaired) electrons. The first-order valence-corrected chi connectivity index (χ1v) is 6.72. The summed E-state index contributed by atoms with van der Waals surface area (Å²) < 4.78 is 46.8. The van der Waals surface area contributed by atoms with Crippen molar-refractivity contribution in [2.45, 2.75) is 31.5 Å². The number of rotatable bonds is 7. The molecule has 1 aliphatic heterocycles. The lowest BCUT2D eigenvalue weighted by atomic mass is 10.2. The van der Waals surface area contributed by atoms with Gasteiger partial charge in [-0.2, -0.15) is 13.2 Å². The average Bonchev–Trinajstić information content (AvgIpc) is 2.88. The molecule has 1 saturated heterocycles. The molecule has 1 atom stereocenters. The van der Waals surface area contributed by atoms with Crippen molar-refractivity contribution in [2.24, 2.45) is 4.99 Å². The van der Waals surface area contributed by atoms with Crippen LogP contribution in [0.2, 0.25) is 0 Å². The first-order chi connectivity index (χ1) is 9.51. The van der Waals surface area contributed by atoms with Crippen molar-refractivity contribution in [1.82, 2.24) is 10.6 Å². The third kappa shape index (κ3) is 8.21. The van der Waals surface area contributed by atoms with Gasteiger partial charge in [-0.1, -0.05) is 0 Å². The molecule has 1 fully saturated rings. The predicted molar refractivity (Wildman–Crippen MR) is 69.8 cm³/mol. The molecule has 0 amide bonds. The van der Waals surface area contributed by atoms with Crippen LogP contribution in [-0.2, 0) is 9.47 Å². The lowest BCUT2D eigenvalue weighted by Gasteiger charge is -2.14. The van der Waals surface area contributed by atoms with Crippen LogP contribution in [0.1, 0.15) is 19.3 Å². The highest BCUT2D eigenvalue weighted by Gasteiger charge is 2.26. The number of nitrogens with one attached hydrogen (secondary N) is 2. The van der Waals surface area contributed by atoms with Gasteiger partial charge in [0.15, 0.2) is 5.96 Å². The molecule has 1 heterocycles. The fourth-order valence-corrected chi connectivity index (χ4v) is 1.78. The Morgan fingerprint density at radius 3 is 2.70 bits per heavy atom. The van der Waals surface area contributed by atoms with Gasteiger partial charge in [0.25, 0.3) is 0 Å². The summed E-state index contributed by atoms with van der Waals surface area (Å²) in [5.41, 5.74) is 0. The summed E-state index contributed by atoms with van der Waals surface area (Å²) >= 11 is 0. The van der Waals surface area contributed by atoms with E-state index in [1.165, 1.54) is 7.05 Å². The number of halogens is 3. The van der Waals surface area contributed by atoms with Gasteiger partial charge in [-0.15, -0.1) is 0 Å². The van der Waals surface area contributed by atoms with Gasteiger partial charge in [0, 0.05) is 26.7 Å². The quantitative estimate of drug-likeness (QED) is 0.422. The molecule has 0 bridgehead atoms. The second-order valence-corrected chi connectivity index (χ2v) is 4.50. The van der Waals surface area contributed by atoms with Crippen LogP contribution in [0.4, 0.5) is 13.2 Å². The number of hydrogen-bond donors (Lipinski definition) is 2. The van der Waals surface area contributed by atoms with Crippen LogP contribution in [0.3, 0.4) is 0 Å². The van der Waals surface area contributed by atoms with E-state index in [4.69, 9.17) is 9.47 Å². The number of aliphatic imine (C=N–C) groups is 1. The number of alkyl halides is 3. The molecule has 0 aromatic rings. The average molecular weight is 297 g/mol. The van der Waals surface area contributed by atoms with E-state index in [2.05, 4.69) is 15.6 Å². The molecule has 8 heteroatoms. The van der Waals surface area contributed by atoms with Gasteiger partial charge >= 0.3 is 6.18 Å². The zero-order valence-electron chi connectivity index (χ0n) is 11.6. The van der Waals surface area contributed by atoms with E-state index in [-0.39, 0.29) is 12.6 Å². The largest absolute Gasteiger partial charge is 0.390 e. The molecule has 118 valence electrons. The summed E-state index contributed by atoms with van der Waals surface area (Å²) in [6.07, 6.45) is -2.77. The van der Waals surface area contributed by atoms with Crippen LogP contribution in [0.5, 0.6) is 0 Å². The Kier molecular flexibility index (Phi) is 7.68. The van der Waals surface area contributed by atoms with Crippen LogP contribution in [-0.4, -0.2) is 58.2 Å². The Bertz CT molecular complexity index is 292. The molecule has 1 rings (SSSR count). The highest BCUT2D eigenvalue weighted by atomic mass is 19.4. The third-order valence-electron chi connectivity index (χ3n) is 2.79. The SMILES string of the molecule is CN=C(NCCOCC1CCCO1)NCCC(F)(F)F. The molecule has 0 spiro atoms. The summed E-state index contributed by atoms with van der Waals surface area (Å²) in [4.78, 5) is 3.83. The number of nitrogens with zero attached hydrogens (tertiary/aromatic N) is 1. The Morgan fingerprint density at radius 2 is 2.10 bits per heavy atom. The monoisotopic (exact) mass is 297 g/mol. The molecular weight excluding hydrogens is 275 g/mol. The zero-order chi connectivity index (χ0) is 14.8. The Labute approximate surface area is 116 Å². The summed E-state index contributed by atoms with van der Waals surface area (Å²) in [5.74, 6) is 0.343. The molecule has 0 saturated carbocycles. The fourth-order valence-electron chi connectivity index (χ4n) is 1.78. The smallest absolute Gasteiger partial charge is 0.377 e. The fraction of sp³-hybridized carbons (Fsp3) is 0.917. The van der Waals surface area contributed by atoms with E-state index in [0.717, 1.165) is 19.4 Å². The number of guanidine groups is 1. The standard InChI is InChI=1S/C12H22F3N3O2/c1-16-11(17-5-4-12(13,14)15)18-6-8-19-9-10-3-2-7-20-10/h10H,2-9H2,1H3,(H2,16,17,18). The van der Waals surface area contributed by atoms with Crippen molar-refractivity contribution in [1.29, 1.82) is 0 Å². The van der Waals surface area contributed by atoms with Gasteiger partial charge in [0.2, 0.25) is 0 Å². The lowest BCUT2D eigenvalue weighted by molar-refractivity contribution is -0.132. The van der Waals surface area contributed by atoms with Gasteiger partial charge in [-0.3, -0.25) is 4.99 Å². The Hall–Kier alpha value is -1.02. The van der Waals surface area contributed by atoms with E-state index in [1.807, 2.05) is 0 Å². The molecule has 1 unspecified atom stereocenters. The van der Waals surface area contributed by atoms with E-state index in [1.54, 1.807) is 0 Å². The molecule has 0 aliphatic carbocycles. The highest BCUT2D eigenvalue weighted by Crippen LogP contribution is 2.18. The number of hydrogen-bond acceptors (Lipinski definition) is 3. The Balaban J connectivity index is 2.00. The topological polar surface area (TPSA) is 54.9 Å². The minimum Gasteiger partial charge on any atom is -0.377 e. The summed E-state index contributed by atoms with van der Waals surface area (Å²) in [5, 5.41) is 5.48. The maximum atomic E-state index is 12.0. The van der Waals surface area contributed by atoms with Crippen molar-refractivity contribution in [3.8, 4) is 0 Å². The maximum absolute atomic E-state index is 12.0. The van der Waals surface area contributed by atoms with Crippen molar-refractivity contribution in [2.75, 3.05) is 40.0 Å². The van der Waals surface area contributed by atoms with E-state index in [0.29, 0.717) is 25.7 Å². The molecule has 5 nitrogen and oxygen atoms in total. The van der Waals surface area contributed by atoms with Crippen molar-refractivity contribution < 1.29 is 22.6 Å². The first kappa shape index (κ1) is 17.0. The second-order valence-electron chi connectivity index (χ2n) is 4.50. The summed E-state index contributed by atoms with van der Waals surface area (Å²) in [6.45, 7) is 2.10. The number of ether oxygens (including phenoxy) is 2. The predicted octanol–water partition coefficient (Wildman–Crippen LogP) is 1.30. The minimum atomic E-state index is -4.16. The second kappa shape index (κ2) is 9.02. The van der Waals surface area contributed by atoms with Crippen molar-refractivity contribution >= 4 is 5.96 Å².